The zero-order valence-electron chi connectivity index (χ0n) is 11.8. The van der Waals surface area contributed by atoms with Crippen LogP contribution in [0.15, 0.2) is 24.3 Å². The number of amides is 1. The molecule has 1 N–H and O–H groups in total. The number of rotatable bonds is 4. The first-order valence-corrected chi connectivity index (χ1v) is 8.63. The number of nitrogens with zero attached hydrogens (tertiary/aromatic N) is 1. The zero-order chi connectivity index (χ0) is 14.8. The number of carbonyl (C=O) groups excluding carboxylic acids is 1. The highest BCUT2D eigenvalue weighted by molar-refractivity contribution is 7.88. The number of anilines is 1. The molecule has 0 bridgehead atoms. The van der Waals surface area contributed by atoms with Gasteiger partial charge >= 0.3 is 0 Å². The van der Waals surface area contributed by atoms with E-state index in [0.29, 0.717) is 13.0 Å². The minimum atomic E-state index is -3.33. The van der Waals surface area contributed by atoms with Crippen LogP contribution >= 0.6 is 0 Å². The molecular weight excluding hydrogens is 276 g/mol. The van der Waals surface area contributed by atoms with Crippen molar-refractivity contribution in [3.63, 3.8) is 0 Å². The monoisotopic (exact) mass is 296 g/mol. The predicted octanol–water partition coefficient (Wildman–Crippen LogP) is 1.61. The predicted molar refractivity (Wildman–Crippen MR) is 79.0 cm³/mol. The lowest BCUT2D eigenvalue weighted by Gasteiger charge is -2.21. The third-order valence-electron chi connectivity index (χ3n) is 3.54. The molecule has 1 atom stereocenters. The lowest BCUT2D eigenvalue weighted by molar-refractivity contribution is -0.119. The van der Waals surface area contributed by atoms with Gasteiger partial charge in [-0.1, -0.05) is 19.1 Å². The minimum absolute atomic E-state index is 0.249. The van der Waals surface area contributed by atoms with Gasteiger partial charge in [0.15, 0.2) is 0 Å². The molecule has 0 aliphatic carbocycles. The molecule has 1 aliphatic heterocycles. The Morgan fingerprint density at radius 2 is 2.20 bits per heavy atom. The van der Waals surface area contributed by atoms with Crippen molar-refractivity contribution in [3.8, 4) is 0 Å². The van der Waals surface area contributed by atoms with Gasteiger partial charge < -0.3 is 5.32 Å². The summed E-state index contributed by atoms with van der Waals surface area (Å²) in [5.41, 5.74) is 1.85. The Morgan fingerprint density at radius 1 is 1.45 bits per heavy atom. The summed E-state index contributed by atoms with van der Waals surface area (Å²) in [6.45, 7) is 2.47. The van der Waals surface area contributed by atoms with Crippen molar-refractivity contribution >= 4 is 21.6 Å². The van der Waals surface area contributed by atoms with Crippen LogP contribution in [-0.2, 0) is 21.2 Å². The van der Waals surface area contributed by atoms with Crippen molar-refractivity contribution < 1.29 is 13.2 Å². The fourth-order valence-corrected chi connectivity index (χ4v) is 3.62. The van der Waals surface area contributed by atoms with E-state index in [0.717, 1.165) is 30.3 Å². The lowest BCUT2D eigenvalue weighted by atomic mass is 10.1. The van der Waals surface area contributed by atoms with Crippen LogP contribution < -0.4 is 5.32 Å². The van der Waals surface area contributed by atoms with E-state index in [4.69, 9.17) is 0 Å². The van der Waals surface area contributed by atoms with Gasteiger partial charge in [0.25, 0.3) is 0 Å². The Labute approximate surface area is 120 Å². The summed E-state index contributed by atoms with van der Waals surface area (Å²) in [5.74, 6) is -0.249. The van der Waals surface area contributed by atoms with Gasteiger partial charge in [0, 0.05) is 12.2 Å². The highest BCUT2D eigenvalue weighted by Gasteiger charge is 2.36. The van der Waals surface area contributed by atoms with E-state index in [-0.39, 0.29) is 5.91 Å². The number of aryl methyl sites for hydroxylation is 1. The molecule has 0 aromatic heterocycles. The number of nitrogens with one attached hydrogen (secondary N) is 1. The molecule has 1 saturated heterocycles. The van der Waals surface area contributed by atoms with Gasteiger partial charge in [-0.05, 0) is 37.0 Å². The van der Waals surface area contributed by atoms with Crippen LogP contribution in [0.1, 0.15) is 25.3 Å². The number of hydrogen-bond acceptors (Lipinski definition) is 3. The van der Waals surface area contributed by atoms with Crippen molar-refractivity contribution in [1.29, 1.82) is 0 Å². The summed E-state index contributed by atoms with van der Waals surface area (Å²) < 4.78 is 24.6. The Kier molecular flexibility index (Phi) is 4.45. The fourth-order valence-electron chi connectivity index (χ4n) is 2.49. The van der Waals surface area contributed by atoms with Gasteiger partial charge in [0.05, 0.1) is 6.26 Å². The van der Waals surface area contributed by atoms with E-state index >= 15 is 0 Å². The normalized spacial score (nSPS) is 20.0. The molecule has 1 unspecified atom stereocenters. The first kappa shape index (κ1) is 15.0. The molecule has 6 heteroatoms. The van der Waals surface area contributed by atoms with Crippen LogP contribution in [0.25, 0.3) is 0 Å². The van der Waals surface area contributed by atoms with Gasteiger partial charge in [-0.15, -0.1) is 0 Å². The van der Waals surface area contributed by atoms with Crippen LogP contribution in [0, 0.1) is 0 Å². The van der Waals surface area contributed by atoms with E-state index in [9.17, 15) is 13.2 Å². The number of benzene rings is 1. The van der Waals surface area contributed by atoms with Gasteiger partial charge in [-0.3, -0.25) is 4.79 Å². The molecule has 1 aliphatic rings. The molecule has 1 amide bonds. The molecule has 110 valence electrons. The Bertz CT molecular complexity index is 598. The van der Waals surface area contributed by atoms with Gasteiger partial charge in [-0.25, -0.2) is 8.42 Å². The maximum atomic E-state index is 12.3. The van der Waals surface area contributed by atoms with Crippen LogP contribution in [0.4, 0.5) is 5.69 Å². The maximum absolute atomic E-state index is 12.3. The summed E-state index contributed by atoms with van der Waals surface area (Å²) in [7, 11) is -3.33. The van der Waals surface area contributed by atoms with Gasteiger partial charge in [0.1, 0.15) is 6.04 Å². The summed E-state index contributed by atoms with van der Waals surface area (Å²) in [5, 5.41) is 2.82. The van der Waals surface area contributed by atoms with E-state index < -0.39 is 16.1 Å². The summed E-state index contributed by atoms with van der Waals surface area (Å²) in [6.07, 6.45) is 3.34. The Balaban J connectivity index is 2.11. The zero-order valence-corrected chi connectivity index (χ0v) is 12.6. The van der Waals surface area contributed by atoms with Crippen LogP contribution in [0.2, 0.25) is 0 Å². The second-order valence-corrected chi connectivity index (χ2v) is 7.01. The molecule has 5 nitrogen and oxygen atoms in total. The molecule has 1 aromatic carbocycles. The third-order valence-corrected chi connectivity index (χ3v) is 4.82. The quantitative estimate of drug-likeness (QED) is 0.918. The Hall–Kier alpha value is -1.40. The average Bonchev–Trinajstić information content (AvgIpc) is 2.88. The SMILES string of the molecule is CCc1cccc(NC(=O)C2CCCN2S(C)(=O)=O)c1. The second-order valence-electron chi connectivity index (χ2n) is 5.07. The lowest BCUT2D eigenvalue weighted by Crippen LogP contribution is -2.42. The van der Waals surface area contributed by atoms with Gasteiger partial charge in [0.2, 0.25) is 15.9 Å². The summed E-state index contributed by atoms with van der Waals surface area (Å²) in [6, 6.07) is 7.02. The van der Waals surface area contributed by atoms with Crippen molar-refractivity contribution in [1.82, 2.24) is 4.31 Å². The summed E-state index contributed by atoms with van der Waals surface area (Å²) >= 11 is 0. The smallest absolute Gasteiger partial charge is 0.242 e. The van der Waals surface area contributed by atoms with Crippen LogP contribution in [0.5, 0.6) is 0 Å². The average molecular weight is 296 g/mol. The molecule has 0 saturated carbocycles. The molecule has 2 rings (SSSR count). The van der Waals surface area contributed by atoms with E-state index in [2.05, 4.69) is 5.32 Å². The van der Waals surface area contributed by atoms with E-state index in [1.807, 2.05) is 31.2 Å². The largest absolute Gasteiger partial charge is 0.325 e. The second kappa shape index (κ2) is 5.93. The third kappa shape index (κ3) is 3.37. The standard InChI is InChI=1S/C14H20N2O3S/c1-3-11-6-4-7-12(10-11)15-14(17)13-8-5-9-16(13)20(2,18)19/h4,6-7,10,13H,3,5,8-9H2,1-2H3,(H,15,17). The molecule has 1 fully saturated rings. The minimum Gasteiger partial charge on any atom is -0.325 e. The Morgan fingerprint density at radius 3 is 2.85 bits per heavy atom. The summed E-state index contributed by atoms with van der Waals surface area (Å²) in [4.78, 5) is 12.3. The molecule has 0 spiro atoms. The van der Waals surface area contributed by atoms with Crippen molar-refractivity contribution in [2.45, 2.75) is 32.2 Å². The molecule has 1 heterocycles. The first-order chi connectivity index (χ1) is 9.41. The van der Waals surface area contributed by atoms with Crippen molar-refractivity contribution in [2.75, 3.05) is 18.1 Å². The number of hydrogen-bond donors (Lipinski definition) is 1. The molecule has 20 heavy (non-hydrogen) atoms. The molecular formula is C14H20N2O3S. The van der Waals surface area contributed by atoms with Crippen LogP contribution in [-0.4, -0.2) is 37.5 Å². The maximum Gasteiger partial charge on any atom is 0.242 e. The highest BCUT2D eigenvalue weighted by atomic mass is 32.2. The topological polar surface area (TPSA) is 66.5 Å². The fraction of sp³-hybridized carbons (Fsp3) is 0.500. The van der Waals surface area contributed by atoms with Crippen molar-refractivity contribution in [2.24, 2.45) is 0 Å². The highest BCUT2D eigenvalue weighted by Crippen LogP contribution is 2.22. The number of sulfonamides is 1. The van der Waals surface area contributed by atoms with Crippen molar-refractivity contribution in [3.05, 3.63) is 29.8 Å². The first-order valence-electron chi connectivity index (χ1n) is 6.78. The van der Waals surface area contributed by atoms with Crippen LogP contribution in [0.3, 0.4) is 0 Å². The van der Waals surface area contributed by atoms with E-state index in [1.165, 1.54) is 4.31 Å². The van der Waals surface area contributed by atoms with E-state index in [1.54, 1.807) is 0 Å². The van der Waals surface area contributed by atoms with Gasteiger partial charge in [-0.2, -0.15) is 4.31 Å². The molecule has 1 aromatic rings. The molecule has 0 radical (unpaired) electrons. The number of carbonyl (C=O) groups is 1.